The largest absolute Gasteiger partial charge is 1.00 e. The number of rotatable bonds is 7. The summed E-state index contributed by atoms with van der Waals surface area (Å²) in [5.74, 6) is -1.22. The van der Waals surface area contributed by atoms with E-state index in [1.165, 1.54) is 6.08 Å². The summed E-state index contributed by atoms with van der Waals surface area (Å²) in [5, 5.41) is 3.76. The maximum Gasteiger partial charge on any atom is 0.338 e. The fraction of sp³-hybridized carbons (Fsp3) is 0.111. The van der Waals surface area contributed by atoms with Crippen LogP contribution in [-0.4, -0.2) is 34.5 Å². The lowest BCUT2D eigenvalue weighted by atomic mass is 10.2. The first kappa shape index (κ1) is 28.2. The molecule has 0 spiro atoms. The maximum absolute atomic E-state index is 13.2. The molecule has 4 rings (SSSR count). The summed E-state index contributed by atoms with van der Waals surface area (Å²) in [6.45, 7) is 2.32. The van der Waals surface area contributed by atoms with E-state index in [4.69, 9.17) is 16.3 Å². The predicted octanol–water partition coefficient (Wildman–Crippen LogP) is 2.81. The Hall–Kier alpha value is -3.40. The van der Waals surface area contributed by atoms with E-state index in [1.807, 2.05) is 30.3 Å². The lowest BCUT2D eigenvalue weighted by Gasteiger charge is -2.15. The number of amidine groups is 1. The van der Waals surface area contributed by atoms with E-state index in [0.29, 0.717) is 33.7 Å². The van der Waals surface area contributed by atoms with Gasteiger partial charge in [0, 0.05) is 16.8 Å². The Morgan fingerprint density at radius 2 is 1.70 bits per heavy atom. The molecule has 0 aliphatic carbocycles. The standard InChI is InChI=1S/C27H22ClN3O4S.BrH/c1-2-35-26(34)19-8-12-21(13-9-19)29-24(32)16-23-25(33)31(17-18-6-4-3-5-7-18)27(36-23)30-22-14-10-20(28)11-15-22;/h3-16H,2,17H2,1H3,(H,29,32);1H/p-1/b23-16-,30-27?;. The summed E-state index contributed by atoms with van der Waals surface area (Å²) < 4.78 is 4.96. The Morgan fingerprint density at radius 3 is 2.35 bits per heavy atom. The molecule has 0 saturated carbocycles. The minimum Gasteiger partial charge on any atom is -1.00 e. The average Bonchev–Trinajstić information content (AvgIpc) is 3.15. The first-order chi connectivity index (χ1) is 17.4. The van der Waals surface area contributed by atoms with Crippen molar-refractivity contribution in [1.29, 1.82) is 0 Å². The van der Waals surface area contributed by atoms with Crippen LogP contribution in [0.3, 0.4) is 0 Å². The fourth-order valence-corrected chi connectivity index (χ4v) is 4.42. The van der Waals surface area contributed by atoms with Gasteiger partial charge in [-0.25, -0.2) is 9.79 Å². The predicted molar refractivity (Wildman–Crippen MR) is 142 cm³/mol. The van der Waals surface area contributed by atoms with Crippen LogP contribution in [0.1, 0.15) is 22.8 Å². The van der Waals surface area contributed by atoms with Crippen molar-refractivity contribution in [2.45, 2.75) is 13.5 Å². The summed E-state index contributed by atoms with van der Waals surface area (Å²) in [5.41, 5.74) is 2.44. The molecule has 1 N–H and O–H groups in total. The Kier molecular flexibility index (Phi) is 10.1. The summed E-state index contributed by atoms with van der Waals surface area (Å²) >= 11 is 7.11. The van der Waals surface area contributed by atoms with Crippen LogP contribution in [0.25, 0.3) is 0 Å². The number of hydrogen-bond acceptors (Lipinski definition) is 6. The van der Waals surface area contributed by atoms with Crippen LogP contribution in [0.2, 0.25) is 5.02 Å². The third kappa shape index (κ3) is 7.55. The number of benzene rings is 3. The Morgan fingerprint density at radius 1 is 1.03 bits per heavy atom. The van der Waals surface area contributed by atoms with Crippen molar-refractivity contribution in [2.24, 2.45) is 4.99 Å². The molecule has 0 atom stereocenters. The summed E-state index contributed by atoms with van der Waals surface area (Å²) in [6.07, 6.45) is 1.26. The highest BCUT2D eigenvalue weighted by atomic mass is 79.9. The van der Waals surface area contributed by atoms with E-state index in [2.05, 4.69) is 10.3 Å². The van der Waals surface area contributed by atoms with Crippen molar-refractivity contribution in [1.82, 2.24) is 4.90 Å². The van der Waals surface area contributed by atoms with Gasteiger partial charge in [0.25, 0.3) is 5.91 Å². The number of aliphatic imine (C=N–C) groups is 1. The summed E-state index contributed by atoms with van der Waals surface area (Å²) in [7, 11) is 0. The lowest BCUT2D eigenvalue weighted by molar-refractivity contribution is -0.123. The number of amides is 2. The second-order valence-corrected chi connectivity index (χ2v) is 9.09. The number of esters is 1. The van der Waals surface area contributed by atoms with Crippen molar-refractivity contribution >= 4 is 57.7 Å². The third-order valence-corrected chi connectivity index (χ3v) is 6.31. The number of carbonyl (C=O) groups excluding carboxylic acids is 3. The molecule has 1 heterocycles. The third-order valence-electron chi connectivity index (χ3n) is 5.05. The maximum atomic E-state index is 13.2. The zero-order chi connectivity index (χ0) is 25.5. The van der Waals surface area contributed by atoms with E-state index in [9.17, 15) is 14.4 Å². The van der Waals surface area contributed by atoms with E-state index in [0.717, 1.165) is 17.3 Å². The van der Waals surface area contributed by atoms with Crippen molar-refractivity contribution < 1.29 is 36.1 Å². The molecular formula is C27H22BrClN3O4S-. The van der Waals surface area contributed by atoms with E-state index in [1.54, 1.807) is 60.4 Å². The van der Waals surface area contributed by atoms with Crippen LogP contribution in [0, 0.1) is 0 Å². The van der Waals surface area contributed by atoms with Gasteiger partial charge in [-0.05, 0) is 72.8 Å². The zero-order valence-electron chi connectivity index (χ0n) is 19.7. The molecule has 37 heavy (non-hydrogen) atoms. The number of thioether (sulfide) groups is 1. The van der Waals surface area contributed by atoms with Crippen LogP contribution >= 0.6 is 23.4 Å². The molecule has 0 aromatic heterocycles. The molecule has 190 valence electrons. The van der Waals surface area contributed by atoms with Crippen molar-refractivity contribution in [2.75, 3.05) is 11.9 Å². The van der Waals surface area contributed by atoms with Gasteiger partial charge in [0.15, 0.2) is 5.17 Å². The number of nitrogens with one attached hydrogen (secondary N) is 1. The van der Waals surface area contributed by atoms with Gasteiger partial charge in [-0.2, -0.15) is 0 Å². The monoisotopic (exact) mass is 598 g/mol. The van der Waals surface area contributed by atoms with Crippen LogP contribution in [-0.2, 0) is 20.9 Å². The van der Waals surface area contributed by atoms with Gasteiger partial charge in [-0.15, -0.1) is 0 Å². The normalized spacial score (nSPS) is 15.0. The van der Waals surface area contributed by atoms with Crippen LogP contribution < -0.4 is 22.3 Å². The minimum absolute atomic E-state index is 0. The Bertz CT molecular complexity index is 1330. The lowest BCUT2D eigenvalue weighted by Crippen LogP contribution is -3.00. The molecular weight excluding hydrogens is 578 g/mol. The highest BCUT2D eigenvalue weighted by Gasteiger charge is 2.34. The molecule has 1 saturated heterocycles. The van der Waals surface area contributed by atoms with Gasteiger partial charge in [-0.1, -0.05) is 41.9 Å². The first-order valence-corrected chi connectivity index (χ1v) is 12.3. The van der Waals surface area contributed by atoms with Crippen molar-refractivity contribution in [3.63, 3.8) is 0 Å². The molecule has 3 aromatic rings. The van der Waals surface area contributed by atoms with E-state index >= 15 is 0 Å². The van der Waals surface area contributed by atoms with Gasteiger partial charge >= 0.3 is 5.97 Å². The highest BCUT2D eigenvalue weighted by molar-refractivity contribution is 8.18. The van der Waals surface area contributed by atoms with Crippen LogP contribution in [0.4, 0.5) is 11.4 Å². The number of halogens is 2. The molecule has 7 nitrogen and oxygen atoms in total. The highest BCUT2D eigenvalue weighted by Crippen LogP contribution is 2.34. The van der Waals surface area contributed by atoms with Crippen molar-refractivity contribution in [3.8, 4) is 0 Å². The SMILES string of the molecule is CCOC(=O)c1ccc(NC(=O)/C=C2\SC(=Nc3ccc(Cl)cc3)N(Cc3ccccc3)C2=O)cc1.[Br-]. The molecule has 1 fully saturated rings. The van der Waals surface area contributed by atoms with Crippen LogP contribution in [0.15, 0.2) is 94.8 Å². The molecule has 1 aliphatic rings. The molecule has 0 unspecified atom stereocenters. The smallest absolute Gasteiger partial charge is 0.338 e. The molecule has 2 amide bonds. The quantitative estimate of drug-likeness (QED) is 0.333. The first-order valence-electron chi connectivity index (χ1n) is 11.1. The number of carbonyl (C=O) groups is 3. The summed E-state index contributed by atoms with van der Waals surface area (Å²) in [4.78, 5) is 44.1. The molecule has 0 bridgehead atoms. The summed E-state index contributed by atoms with van der Waals surface area (Å²) in [6, 6.07) is 22.8. The number of nitrogens with zero attached hydrogens (tertiary/aromatic N) is 2. The Labute approximate surface area is 234 Å². The van der Waals surface area contributed by atoms with Gasteiger partial charge in [0.2, 0.25) is 5.91 Å². The van der Waals surface area contributed by atoms with Gasteiger partial charge < -0.3 is 27.0 Å². The van der Waals surface area contributed by atoms with Crippen molar-refractivity contribution in [3.05, 3.63) is 106 Å². The number of anilines is 1. The number of ether oxygens (including phenoxy) is 1. The van der Waals surface area contributed by atoms with E-state index in [-0.39, 0.29) is 34.4 Å². The van der Waals surface area contributed by atoms with Gasteiger partial charge in [-0.3, -0.25) is 14.5 Å². The van der Waals surface area contributed by atoms with Gasteiger partial charge in [0.05, 0.1) is 29.3 Å². The number of hydrogen-bond donors (Lipinski definition) is 1. The second kappa shape index (κ2) is 13.2. The Balaban J connectivity index is 0.00000380. The molecule has 0 radical (unpaired) electrons. The minimum atomic E-state index is -0.470. The average molecular weight is 600 g/mol. The fourth-order valence-electron chi connectivity index (χ4n) is 3.32. The second-order valence-electron chi connectivity index (χ2n) is 7.65. The topological polar surface area (TPSA) is 88.1 Å². The van der Waals surface area contributed by atoms with Crippen LogP contribution in [0.5, 0.6) is 0 Å². The van der Waals surface area contributed by atoms with Gasteiger partial charge in [0.1, 0.15) is 0 Å². The molecule has 10 heteroatoms. The zero-order valence-corrected chi connectivity index (χ0v) is 22.8. The van der Waals surface area contributed by atoms with E-state index < -0.39 is 11.9 Å². The molecule has 3 aromatic carbocycles. The molecule has 1 aliphatic heterocycles.